The second-order valence-corrected chi connectivity index (χ2v) is 11.7. The Morgan fingerprint density at radius 2 is 1.32 bits per heavy atom. The third-order valence-electron chi connectivity index (χ3n) is 6.16. The van der Waals surface area contributed by atoms with Crippen LogP contribution in [0.1, 0.15) is 20.8 Å². The van der Waals surface area contributed by atoms with Crippen LogP contribution in [0, 0.1) is 31.8 Å². The van der Waals surface area contributed by atoms with Gasteiger partial charge in [-0.15, -0.1) is 0 Å². The van der Waals surface area contributed by atoms with E-state index in [4.69, 9.17) is 23.7 Å². The van der Waals surface area contributed by atoms with E-state index < -0.39 is 7.92 Å². The number of aliphatic imine (C=N–C) groups is 1. The molecule has 3 aromatic carbocycles. The molecule has 1 aliphatic carbocycles. The monoisotopic (exact) mass is 589 g/mol. The number of allylic oxidation sites excluding steroid dienone is 2. The zero-order chi connectivity index (χ0) is 28.8. The van der Waals surface area contributed by atoms with E-state index in [1.807, 2.05) is 0 Å². The van der Waals surface area contributed by atoms with Gasteiger partial charge in [0.15, 0.2) is 0 Å². The average molecular weight is 590 g/mol. The van der Waals surface area contributed by atoms with Crippen molar-refractivity contribution in [3.05, 3.63) is 134 Å². The van der Waals surface area contributed by atoms with E-state index in [0.29, 0.717) is 6.61 Å². The fraction of sp³-hybridized carbons (Fsp3) is 0.182. The summed E-state index contributed by atoms with van der Waals surface area (Å²) >= 11 is 0. The second kappa shape index (κ2) is 17.5. The van der Waals surface area contributed by atoms with Crippen LogP contribution in [0.4, 0.5) is 0 Å². The molecule has 0 amide bonds. The summed E-state index contributed by atoms with van der Waals surface area (Å²) in [4.78, 5) is 5.02. The van der Waals surface area contributed by atoms with Crippen molar-refractivity contribution < 1.29 is 35.8 Å². The molecule has 0 saturated heterocycles. The van der Waals surface area contributed by atoms with E-state index in [2.05, 4.69) is 144 Å². The third kappa shape index (κ3) is 8.39. The van der Waals surface area contributed by atoms with E-state index in [1.54, 1.807) is 0 Å². The second-order valence-electron chi connectivity index (χ2n) is 9.51. The molecule has 1 aliphatic heterocycles. The van der Waals surface area contributed by atoms with E-state index in [1.165, 1.54) is 27.1 Å². The maximum atomic E-state index is 7.50. The Bertz CT molecular complexity index is 1360. The number of hydrogen-bond acceptors (Lipinski definition) is 2. The minimum Gasteiger partial charge on any atom is 0 e. The minimum atomic E-state index is -0.793. The topological polar surface area (TPSA) is 81.3 Å². The van der Waals surface area contributed by atoms with Crippen molar-refractivity contribution in [1.82, 2.24) is 0 Å². The zero-order valence-corrected chi connectivity index (χ0v) is 24.6. The molecular formula is C33H29MnNO4P. The number of benzene rings is 3. The third-order valence-corrected chi connectivity index (χ3v) is 8.72. The molecule has 2 atom stereocenters. The predicted molar refractivity (Wildman–Crippen MR) is 153 cm³/mol. The van der Waals surface area contributed by atoms with Crippen LogP contribution in [0.5, 0.6) is 0 Å². The van der Waals surface area contributed by atoms with Crippen molar-refractivity contribution in [2.75, 3.05) is 6.61 Å². The first-order valence-corrected chi connectivity index (χ1v) is 13.4. The molecule has 202 valence electrons. The molecular weight excluding hydrogens is 560 g/mol. The molecule has 5 rings (SSSR count). The van der Waals surface area contributed by atoms with Gasteiger partial charge in [0, 0.05) is 29.1 Å². The summed E-state index contributed by atoms with van der Waals surface area (Å²) in [6.07, 6.45) is 6.57. The van der Waals surface area contributed by atoms with Gasteiger partial charge in [0.05, 0.1) is 6.04 Å². The van der Waals surface area contributed by atoms with Crippen LogP contribution in [0.25, 0.3) is 11.1 Å². The summed E-state index contributed by atoms with van der Waals surface area (Å²) in [5.41, 5.74) is 3.73. The van der Waals surface area contributed by atoms with Crippen molar-refractivity contribution in [3.63, 3.8) is 0 Å². The van der Waals surface area contributed by atoms with Crippen molar-refractivity contribution in [2.45, 2.75) is 26.8 Å². The van der Waals surface area contributed by atoms with Crippen LogP contribution < -0.4 is 10.6 Å². The van der Waals surface area contributed by atoms with E-state index in [9.17, 15) is 0 Å². The molecule has 2 radical (unpaired) electrons. The summed E-state index contributed by atoms with van der Waals surface area (Å²) in [6, 6.07) is 30.5. The fourth-order valence-corrected chi connectivity index (χ4v) is 6.88. The Hall–Kier alpha value is -3.22. The number of nitrogens with zero attached hydrogens (tertiary/aromatic N) is 1. The number of rotatable bonds is 5. The van der Waals surface area contributed by atoms with Gasteiger partial charge < -0.3 is 4.74 Å². The molecule has 3 aromatic rings. The molecule has 7 heteroatoms. The predicted octanol–water partition coefficient (Wildman–Crippen LogP) is 6.54. The van der Waals surface area contributed by atoms with Crippen molar-refractivity contribution in [3.8, 4) is 11.1 Å². The van der Waals surface area contributed by atoms with Crippen molar-refractivity contribution >= 4 is 24.4 Å². The van der Waals surface area contributed by atoms with E-state index >= 15 is 0 Å². The summed E-state index contributed by atoms with van der Waals surface area (Å²) < 4.78 is 28.7. The first-order valence-electron chi connectivity index (χ1n) is 12.1. The molecule has 0 saturated carbocycles. The van der Waals surface area contributed by atoms with Crippen LogP contribution in [0.3, 0.4) is 0 Å². The summed E-state index contributed by atoms with van der Waals surface area (Å²) in [5, 5.41) is 3.98. The Balaban J connectivity index is 0.00000107. The summed E-state index contributed by atoms with van der Waals surface area (Å²) in [6.45, 7) is 20.8. The molecule has 0 N–H and O–H groups in total. The molecule has 0 bridgehead atoms. The minimum absolute atomic E-state index is 0. The van der Waals surface area contributed by atoms with Gasteiger partial charge in [-0.05, 0) is 40.4 Å². The van der Waals surface area contributed by atoms with Gasteiger partial charge in [0.25, 0.3) is 0 Å². The molecule has 0 fully saturated rings. The standard InChI is InChI=1S/C30H29NOP.3CO.Mn/c1-30(2,3)28-21-32-29(31-28)25-18-12-20-27(25)33(23-15-8-5-9-16-23)26-19-11-10-17-24(26)22-13-6-4-7-14-22;3*1-2;/h4-20,28H,21H2,1-3H3;;;;/t28-,33-;;;;/m1..../s1. The largest absolute Gasteiger partial charge is 0 e. The quantitative estimate of drug-likeness (QED) is 0.144. The first kappa shape index (κ1) is 34.8. The maximum absolute atomic E-state index is 7.50. The number of ether oxygens (including phenoxy) is 1. The zero-order valence-electron chi connectivity index (χ0n) is 22.5. The van der Waals surface area contributed by atoms with Gasteiger partial charge in [-0.2, -0.15) is 0 Å². The van der Waals surface area contributed by atoms with Gasteiger partial charge in [0.2, 0.25) is 5.90 Å². The Morgan fingerprint density at radius 3 is 1.90 bits per heavy atom. The van der Waals surface area contributed by atoms with E-state index in [0.717, 1.165) is 11.5 Å². The Morgan fingerprint density at radius 1 is 0.775 bits per heavy atom. The smallest absolute Gasteiger partial charge is 0 e. The Kier molecular flexibility index (Phi) is 15.2. The normalized spacial score (nSPS) is 15.7. The SMILES string of the molecule is CC(C)(C)[C@H]1COC(C2=C[CH]C=C2[P@](c2ccccc2)c2ccccc2-c2ccccc2)=N1.[C-]#[O+].[C-]#[O+].[C-]#[O+].[Mn]. The molecule has 40 heavy (non-hydrogen) atoms. The van der Waals surface area contributed by atoms with Crippen LogP contribution in [0.2, 0.25) is 0 Å². The first-order chi connectivity index (χ1) is 19.0. The molecule has 2 aliphatic rings. The molecule has 0 unspecified atom stereocenters. The summed E-state index contributed by atoms with van der Waals surface area (Å²) in [5.74, 6) is 0.788. The van der Waals surface area contributed by atoms with Crippen molar-refractivity contribution in [2.24, 2.45) is 10.4 Å². The van der Waals surface area contributed by atoms with Crippen LogP contribution >= 0.6 is 7.92 Å². The molecule has 0 spiro atoms. The molecule has 5 nitrogen and oxygen atoms in total. The summed E-state index contributed by atoms with van der Waals surface area (Å²) in [7, 11) is -0.793. The van der Waals surface area contributed by atoms with Crippen LogP contribution in [-0.2, 0) is 35.8 Å². The van der Waals surface area contributed by atoms with Gasteiger partial charge in [0.1, 0.15) is 6.61 Å². The van der Waals surface area contributed by atoms with Gasteiger partial charge >= 0.3 is 33.9 Å². The van der Waals surface area contributed by atoms with E-state index in [-0.39, 0.29) is 28.5 Å². The fourth-order valence-electron chi connectivity index (χ4n) is 4.27. The average Bonchev–Trinajstić information content (AvgIpc) is 3.68. The van der Waals surface area contributed by atoms with Crippen molar-refractivity contribution in [1.29, 1.82) is 0 Å². The Labute approximate surface area is 248 Å². The van der Waals surface area contributed by atoms with Gasteiger partial charge in [-0.1, -0.05) is 118 Å². The van der Waals surface area contributed by atoms with Gasteiger partial charge in [-0.3, -0.25) is 0 Å². The maximum Gasteiger partial charge on any atom is 0 e. The number of hydrogen-bond donors (Lipinski definition) is 0. The molecule has 0 aromatic heterocycles. The van der Waals surface area contributed by atoms with Crippen LogP contribution in [-0.4, -0.2) is 18.5 Å². The van der Waals surface area contributed by atoms with Crippen LogP contribution in [0.15, 0.2) is 113 Å². The molecule has 1 heterocycles. The van der Waals surface area contributed by atoms with Gasteiger partial charge in [-0.25, -0.2) is 4.99 Å².